The quantitative estimate of drug-likeness (QED) is 0.644. The number of likely N-dealkylation sites (N-methyl/N-ethyl adjacent to an activating group) is 1. The first kappa shape index (κ1) is 17.8. The Labute approximate surface area is 146 Å². The van der Waals surface area contributed by atoms with Gasteiger partial charge in [-0.2, -0.15) is 0 Å². The van der Waals surface area contributed by atoms with Crippen molar-refractivity contribution in [2.75, 3.05) is 14.2 Å². The predicted octanol–water partition coefficient (Wildman–Crippen LogP) is 3.32. The molecule has 2 aromatic rings. The molecule has 0 aliphatic rings. The molecule has 0 saturated heterocycles. The monoisotopic (exact) mass is 346 g/mol. The average Bonchev–Trinajstić information content (AvgIpc) is 2.60. The Morgan fingerprint density at radius 3 is 2.67 bits per heavy atom. The summed E-state index contributed by atoms with van der Waals surface area (Å²) in [4.78, 5) is 16.8. The Morgan fingerprint density at radius 1 is 1.25 bits per heavy atom. The molecule has 0 aliphatic heterocycles. The molecule has 2 rings (SSSR count). The largest absolute Gasteiger partial charge is 0.489 e. The van der Waals surface area contributed by atoms with E-state index in [4.69, 9.17) is 21.2 Å². The van der Waals surface area contributed by atoms with Crippen molar-refractivity contribution in [3.05, 3.63) is 64.2 Å². The number of halogens is 1. The minimum Gasteiger partial charge on any atom is -0.489 e. The molecular weight excluding hydrogens is 328 g/mol. The van der Waals surface area contributed by atoms with E-state index in [1.807, 2.05) is 31.2 Å². The van der Waals surface area contributed by atoms with E-state index in [-0.39, 0.29) is 18.2 Å². The summed E-state index contributed by atoms with van der Waals surface area (Å²) in [5, 5.41) is 7.09. The molecule has 0 spiro atoms. The van der Waals surface area contributed by atoms with Crippen molar-refractivity contribution in [1.29, 1.82) is 0 Å². The first-order valence-electron chi connectivity index (χ1n) is 7.37. The minimum absolute atomic E-state index is 0.200. The molecule has 0 fully saturated rings. The minimum atomic E-state index is -0.327. The molecule has 0 radical (unpaired) electrons. The van der Waals surface area contributed by atoms with Gasteiger partial charge < -0.3 is 14.9 Å². The Kier molecular flexibility index (Phi) is 6.21. The van der Waals surface area contributed by atoms with Crippen molar-refractivity contribution < 1.29 is 14.4 Å². The molecule has 0 unspecified atom stereocenters. The second-order valence-electron chi connectivity index (χ2n) is 5.06. The Morgan fingerprint density at radius 2 is 2.00 bits per heavy atom. The van der Waals surface area contributed by atoms with Crippen LogP contribution in [-0.2, 0) is 16.2 Å². The van der Waals surface area contributed by atoms with E-state index < -0.39 is 0 Å². The maximum absolute atomic E-state index is 12.0. The number of ether oxygens (including phenoxy) is 1. The number of hydrogen-bond donors (Lipinski definition) is 1. The van der Waals surface area contributed by atoms with Crippen molar-refractivity contribution in [2.24, 2.45) is 5.16 Å². The van der Waals surface area contributed by atoms with Gasteiger partial charge in [-0.25, -0.2) is 0 Å². The molecule has 0 bridgehead atoms. The fraction of sp³-hybridized carbons (Fsp3) is 0.222. The third-order valence-electron chi connectivity index (χ3n) is 3.42. The lowest BCUT2D eigenvalue weighted by Gasteiger charge is -2.12. The molecule has 1 amide bonds. The molecule has 1 N–H and O–H groups in total. The number of amides is 1. The van der Waals surface area contributed by atoms with E-state index in [1.54, 1.807) is 25.2 Å². The molecule has 0 saturated carbocycles. The van der Waals surface area contributed by atoms with Crippen molar-refractivity contribution in [3.63, 3.8) is 0 Å². The summed E-state index contributed by atoms with van der Waals surface area (Å²) in [7, 11) is 2.95. The van der Waals surface area contributed by atoms with Gasteiger partial charge in [0.05, 0.1) is 0 Å². The highest BCUT2D eigenvalue weighted by molar-refractivity contribution is 6.45. The highest BCUT2D eigenvalue weighted by atomic mass is 35.5. The molecule has 24 heavy (non-hydrogen) atoms. The molecule has 126 valence electrons. The van der Waals surface area contributed by atoms with Crippen LogP contribution in [0.25, 0.3) is 0 Å². The molecule has 6 heteroatoms. The van der Waals surface area contributed by atoms with Gasteiger partial charge in [0.2, 0.25) is 0 Å². The fourth-order valence-corrected chi connectivity index (χ4v) is 2.29. The summed E-state index contributed by atoms with van der Waals surface area (Å²) >= 11 is 6.02. The Bertz CT molecular complexity index is 760. The van der Waals surface area contributed by atoms with Crippen LogP contribution >= 0.6 is 11.6 Å². The number of carbonyl (C=O) groups is 1. The van der Waals surface area contributed by atoms with Gasteiger partial charge >= 0.3 is 0 Å². The van der Waals surface area contributed by atoms with Gasteiger partial charge in [0.1, 0.15) is 19.5 Å². The highest BCUT2D eigenvalue weighted by Gasteiger charge is 2.17. The third kappa shape index (κ3) is 4.26. The number of rotatable bonds is 6. The van der Waals surface area contributed by atoms with Crippen molar-refractivity contribution in [3.8, 4) is 5.75 Å². The first-order chi connectivity index (χ1) is 11.6. The van der Waals surface area contributed by atoms with Gasteiger partial charge in [-0.05, 0) is 36.2 Å². The topological polar surface area (TPSA) is 59.9 Å². The van der Waals surface area contributed by atoms with Crippen LogP contribution in [-0.4, -0.2) is 25.8 Å². The zero-order valence-corrected chi connectivity index (χ0v) is 14.6. The van der Waals surface area contributed by atoms with Crippen molar-refractivity contribution in [2.45, 2.75) is 13.5 Å². The van der Waals surface area contributed by atoms with Crippen molar-refractivity contribution >= 4 is 23.2 Å². The second-order valence-corrected chi connectivity index (χ2v) is 5.47. The van der Waals surface area contributed by atoms with Crippen LogP contribution in [0.4, 0.5) is 0 Å². The van der Waals surface area contributed by atoms with Crippen LogP contribution in [0.1, 0.15) is 16.7 Å². The Balaban J connectivity index is 2.26. The normalized spacial score (nSPS) is 11.1. The summed E-state index contributed by atoms with van der Waals surface area (Å²) < 4.78 is 5.82. The van der Waals surface area contributed by atoms with E-state index in [2.05, 4.69) is 10.5 Å². The molecule has 2 aromatic carbocycles. The molecular formula is C18H19ClN2O3. The van der Waals surface area contributed by atoms with Crippen LogP contribution in [0, 0.1) is 6.92 Å². The average molecular weight is 347 g/mol. The summed E-state index contributed by atoms with van der Waals surface area (Å²) in [6.07, 6.45) is 0. The summed E-state index contributed by atoms with van der Waals surface area (Å²) in [6.45, 7) is 2.20. The van der Waals surface area contributed by atoms with E-state index in [0.717, 1.165) is 11.1 Å². The van der Waals surface area contributed by atoms with Crippen LogP contribution in [0.2, 0.25) is 5.02 Å². The van der Waals surface area contributed by atoms with Crippen LogP contribution in [0.3, 0.4) is 0 Å². The number of nitrogens with zero attached hydrogens (tertiary/aromatic N) is 1. The smallest absolute Gasteiger partial charge is 0.273 e. The standard InChI is InChI=1S/C18H19ClN2O3/c1-12-10-14(8-9-16(12)19)24-11-13-6-4-5-7-15(13)17(21-23-3)18(22)20-2/h4-10H,11H2,1-3H3,(H,20,22)/b21-17-. The first-order valence-corrected chi connectivity index (χ1v) is 7.75. The third-order valence-corrected chi connectivity index (χ3v) is 3.85. The maximum Gasteiger partial charge on any atom is 0.273 e. The molecule has 0 heterocycles. The van der Waals surface area contributed by atoms with E-state index >= 15 is 0 Å². The predicted molar refractivity (Wildman–Crippen MR) is 94.6 cm³/mol. The van der Waals surface area contributed by atoms with Gasteiger partial charge in [-0.3, -0.25) is 4.79 Å². The van der Waals surface area contributed by atoms with Crippen LogP contribution in [0.5, 0.6) is 5.75 Å². The highest BCUT2D eigenvalue weighted by Crippen LogP contribution is 2.22. The molecule has 0 aliphatic carbocycles. The lowest BCUT2D eigenvalue weighted by Crippen LogP contribution is -2.29. The summed E-state index contributed by atoms with van der Waals surface area (Å²) in [5.74, 6) is 0.378. The number of nitrogens with one attached hydrogen (secondary N) is 1. The van der Waals surface area contributed by atoms with E-state index in [9.17, 15) is 4.79 Å². The number of hydrogen-bond acceptors (Lipinski definition) is 4. The summed E-state index contributed by atoms with van der Waals surface area (Å²) in [6, 6.07) is 12.9. The van der Waals surface area contributed by atoms with Crippen LogP contribution in [0.15, 0.2) is 47.6 Å². The second kappa shape index (κ2) is 8.36. The zero-order chi connectivity index (χ0) is 17.5. The van der Waals surface area contributed by atoms with E-state index in [0.29, 0.717) is 16.3 Å². The van der Waals surface area contributed by atoms with Gasteiger partial charge in [0.15, 0.2) is 5.71 Å². The SMILES string of the molecule is CNC(=O)/C(=N\OC)c1ccccc1COc1ccc(Cl)c(C)c1. The number of benzene rings is 2. The van der Waals surface area contributed by atoms with Crippen LogP contribution < -0.4 is 10.1 Å². The fourth-order valence-electron chi connectivity index (χ4n) is 2.17. The van der Waals surface area contributed by atoms with E-state index in [1.165, 1.54) is 7.11 Å². The number of carbonyl (C=O) groups excluding carboxylic acids is 1. The number of oxime groups is 1. The Hall–Kier alpha value is -2.53. The maximum atomic E-state index is 12.0. The lowest BCUT2D eigenvalue weighted by atomic mass is 10.0. The number of aryl methyl sites for hydroxylation is 1. The molecule has 0 atom stereocenters. The lowest BCUT2D eigenvalue weighted by molar-refractivity contribution is -0.114. The van der Waals surface area contributed by atoms with Crippen molar-refractivity contribution in [1.82, 2.24) is 5.32 Å². The van der Waals surface area contributed by atoms with Gasteiger partial charge in [-0.15, -0.1) is 0 Å². The zero-order valence-electron chi connectivity index (χ0n) is 13.8. The molecule has 0 aromatic heterocycles. The molecule has 5 nitrogen and oxygen atoms in total. The van der Waals surface area contributed by atoms with Gasteiger partial charge in [0.25, 0.3) is 5.91 Å². The van der Waals surface area contributed by atoms with Gasteiger partial charge in [0, 0.05) is 17.6 Å². The summed E-state index contributed by atoms with van der Waals surface area (Å²) in [5.41, 5.74) is 2.62. The van der Waals surface area contributed by atoms with Gasteiger partial charge in [-0.1, -0.05) is 41.0 Å².